The number of fused-ring (bicyclic) bond motifs is 1. The van der Waals surface area contributed by atoms with E-state index in [-0.39, 0.29) is 55.6 Å². The Hall–Kier alpha value is -3.61. The van der Waals surface area contributed by atoms with E-state index in [1.54, 1.807) is 22.9 Å². The fourth-order valence-electron chi connectivity index (χ4n) is 7.97. The van der Waals surface area contributed by atoms with E-state index in [2.05, 4.69) is 11.4 Å². The average Bonchev–Trinajstić information content (AvgIpc) is 3.44. The van der Waals surface area contributed by atoms with Crippen molar-refractivity contribution in [1.82, 2.24) is 10.2 Å². The first kappa shape index (κ1) is 39.6. The predicted molar refractivity (Wildman–Crippen MR) is 205 cm³/mol. The quantitative estimate of drug-likeness (QED) is 0.0797. The number of aryl methyl sites for hydroxylation is 1. The lowest BCUT2D eigenvalue weighted by Crippen LogP contribution is -2.49. The van der Waals surface area contributed by atoms with Crippen LogP contribution < -0.4 is 15.0 Å². The number of nitrogens with one attached hydrogen (secondary N) is 1. The van der Waals surface area contributed by atoms with Gasteiger partial charge in [-0.2, -0.15) is 0 Å². The number of ether oxygens (including phenoxy) is 2. The summed E-state index contributed by atoms with van der Waals surface area (Å²) in [6.07, 6.45) is 2.62. The van der Waals surface area contributed by atoms with Crippen molar-refractivity contribution in [2.75, 3.05) is 37.8 Å². The van der Waals surface area contributed by atoms with Crippen molar-refractivity contribution >= 4 is 31.6 Å². The standard InChI is InChI=1S/C41H56FN3O6Si/c1-5-50-34-17-18-36-32(25-34)26-35(43-20-9-10-22-46)41(49)45(36)33-15-11-14-30(24-33)16-19-37-29(2)40(52(3,4)42)38(51-37)27-39(48)44(21-23-47)28-31-12-7-6-8-13-31/h6-8,11-15,17-18,24-25,29,35,37-38,40,43,46-47H,5,9-10,16,19-23,26-28H2,1-4H3/t29-,35?,37+,38-,40+/m0/s1. The molecule has 2 aliphatic rings. The molecule has 282 valence electrons. The first-order chi connectivity index (χ1) is 25.0. The molecule has 2 aliphatic heterocycles. The van der Waals surface area contributed by atoms with E-state index in [1.807, 2.05) is 80.6 Å². The molecule has 52 heavy (non-hydrogen) atoms. The Morgan fingerprint density at radius 2 is 1.79 bits per heavy atom. The van der Waals surface area contributed by atoms with Gasteiger partial charge in [0, 0.05) is 30.9 Å². The lowest BCUT2D eigenvalue weighted by atomic mass is 9.94. The van der Waals surface area contributed by atoms with Gasteiger partial charge in [0.25, 0.3) is 0 Å². The van der Waals surface area contributed by atoms with Crippen LogP contribution in [0.25, 0.3) is 0 Å². The average molecular weight is 734 g/mol. The molecule has 0 spiro atoms. The van der Waals surface area contributed by atoms with Gasteiger partial charge in [-0.05, 0) is 112 Å². The summed E-state index contributed by atoms with van der Waals surface area (Å²) in [7, 11) is -3.21. The minimum Gasteiger partial charge on any atom is -0.494 e. The fourth-order valence-corrected chi connectivity index (χ4v) is 10.5. The van der Waals surface area contributed by atoms with Crippen LogP contribution in [0.5, 0.6) is 5.75 Å². The van der Waals surface area contributed by atoms with Crippen LogP contribution in [0.3, 0.4) is 0 Å². The normalized spacial score (nSPS) is 21.6. The van der Waals surface area contributed by atoms with Crippen LogP contribution in [0.2, 0.25) is 18.6 Å². The van der Waals surface area contributed by atoms with E-state index >= 15 is 4.11 Å². The third-order valence-corrected chi connectivity index (χ3v) is 12.9. The molecule has 1 fully saturated rings. The molecule has 3 aromatic carbocycles. The Morgan fingerprint density at radius 1 is 1.02 bits per heavy atom. The first-order valence-electron chi connectivity index (χ1n) is 18.8. The van der Waals surface area contributed by atoms with Crippen molar-refractivity contribution < 1.29 is 33.4 Å². The number of rotatable bonds is 18. The summed E-state index contributed by atoms with van der Waals surface area (Å²) in [6, 6.07) is 23.1. The van der Waals surface area contributed by atoms with Gasteiger partial charge < -0.3 is 34.0 Å². The molecule has 0 aromatic heterocycles. The summed E-state index contributed by atoms with van der Waals surface area (Å²) in [6.45, 7) is 9.13. The molecule has 5 atom stereocenters. The zero-order valence-electron chi connectivity index (χ0n) is 31.1. The van der Waals surface area contributed by atoms with Gasteiger partial charge in [-0.1, -0.05) is 49.4 Å². The second-order valence-corrected chi connectivity index (χ2v) is 18.4. The van der Waals surface area contributed by atoms with Gasteiger partial charge in [0.15, 0.2) is 0 Å². The van der Waals surface area contributed by atoms with E-state index in [0.717, 1.165) is 40.2 Å². The Morgan fingerprint density at radius 3 is 2.50 bits per heavy atom. The summed E-state index contributed by atoms with van der Waals surface area (Å²) >= 11 is 0. The van der Waals surface area contributed by atoms with Gasteiger partial charge in [0.2, 0.25) is 20.2 Å². The monoisotopic (exact) mass is 733 g/mol. The number of unbranched alkanes of at least 4 members (excludes halogenated alkanes) is 1. The second-order valence-electron chi connectivity index (χ2n) is 14.6. The van der Waals surface area contributed by atoms with Crippen molar-refractivity contribution in [3.63, 3.8) is 0 Å². The molecule has 11 heteroatoms. The van der Waals surface area contributed by atoms with E-state index < -0.39 is 20.6 Å². The highest BCUT2D eigenvalue weighted by atomic mass is 28.4. The van der Waals surface area contributed by atoms with Crippen molar-refractivity contribution in [2.24, 2.45) is 5.92 Å². The van der Waals surface area contributed by atoms with Gasteiger partial charge in [-0.15, -0.1) is 0 Å². The van der Waals surface area contributed by atoms with Gasteiger partial charge in [-0.3, -0.25) is 14.5 Å². The third-order valence-electron chi connectivity index (χ3n) is 10.4. The Balaban J connectivity index is 1.31. The lowest BCUT2D eigenvalue weighted by Gasteiger charge is -2.35. The predicted octanol–water partition coefficient (Wildman–Crippen LogP) is 6.33. The number of aliphatic hydroxyl groups is 2. The molecular formula is C41H56FN3O6Si. The highest BCUT2D eigenvalue weighted by Crippen LogP contribution is 2.47. The van der Waals surface area contributed by atoms with Crippen LogP contribution in [0.4, 0.5) is 15.5 Å². The molecule has 9 nitrogen and oxygen atoms in total. The Kier molecular flexibility index (Phi) is 14.0. The summed E-state index contributed by atoms with van der Waals surface area (Å²) in [5.74, 6) is 0.524. The highest BCUT2D eigenvalue weighted by molar-refractivity contribution is 6.72. The molecular weight excluding hydrogens is 678 g/mol. The molecule has 3 N–H and O–H groups in total. The molecule has 1 unspecified atom stereocenters. The van der Waals surface area contributed by atoms with E-state index in [1.165, 1.54) is 0 Å². The minimum absolute atomic E-state index is 0.0291. The number of benzene rings is 3. The van der Waals surface area contributed by atoms with Crippen LogP contribution >= 0.6 is 0 Å². The number of halogens is 1. The zero-order valence-corrected chi connectivity index (χ0v) is 32.1. The van der Waals surface area contributed by atoms with Crippen molar-refractivity contribution in [3.8, 4) is 5.75 Å². The van der Waals surface area contributed by atoms with Gasteiger partial charge in [0.1, 0.15) is 5.75 Å². The molecule has 5 rings (SSSR count). The van der Waals surface area contributed by atoms with Crippen LogP contribution in [0.15, 0.2) is 72.8 Å². The number of nitrogens with zero attached hydrogens (tertiary/aromatic N) is 2. The maximum Gasteiger partial charge on any atom is 0.249 e. The molecule has 1 saturated heterocycles. The number of carbonyl (C=O) groups is 2. The van der Waals surface area contributed by atoms with E-state index in [0.29, 0.717) is 45.4 Å². The van der Waals surface area contributed by atoms with E-state index in [4.69, 9.17) is 9.47 Å². The van der Waals surface area contributed by atoms with Gasteiger partial charge in [0.05, 0.1) is 43.6 Å². The largest absolute Gasteiger partial charge is 0.494 e. The topological polar surface area (TPSA) is 112 Å². The van der Waals surface area contributed by atoms with Gasteiger partial charge >= 0.3 is 0 Å². The van der Waals surface area contributed by atoms with Crippen LogP contribution in [-0.4, -0.2) is 86.5 Å². The summed E-state index contributed by atoms with van der Waals surface area (Å²) in [4.78, 5) is 31.0. The Bertz CT molecular complexity index is 1620. The molecule has 2 heterocycles. The van der Waals surface area contributed by atoms with E-state index in [9.17, 15) is 19.8 Å². The maximum atomic E-state index is 15.9. The SMILES string of the molecule is CCOc1ccc2c(c1)CC(NCCCCO)C(=O)N2c1cccc(CC[C@H]2O[C@@H](CC(=O)N(CCO)Cc3ccccc3)[C@H]([Si](C)(C)F)[C@H]2C)c1. The summed E-state index contributed by atoms with van der Waals surface area (Å²) < 4.78 is 28.3. The van der Waals surface area contributed by atoms with Crippen LogP contribution in [0.1, 0.15) is 56.2 Å². The number of anilines is 2. The van der Waals surface area contributed by atoms with Crippen molar-refractivity contribution in [1.29, 1.82) is 0 Å². The van der Waals surface area contributed by atoms with Gasteiger partial charge in [-0.25, -0.2) is 0 Å². The van der Waals surface area contributed by atoms with Crippen LogP contribution in [-0.2, 0) is 33.7 Å². The molecule has 0 saturated carbocycles. The first-order valence-corrected chi connectivity index (χ1v) is 21.8. The molecule has 0 radical (unpaired) electrons. The van der Waals surface area contributed by atoms with Crippen molar-refractivity contribution in [3.05, 3.63) is 89.5 Å². The molecule has 0 aliphatic carbocycles. The number of amides is 2. The summed E-state index contributed by atoms with van der Waals surface area (Å²) in [5.41, 5.74) is 4.30. The number of hydrogen-bond donors (Lipinski definition) is 3. The second kappa shape index (κ2) is 18.4. The van der Waals surface area contributed by atoms with Crippen molar-refractivity contribution in [2.45, 2.75) is 95.8 Å². The molecule has 0 bridgehead atoms. The number of hydrogen-bond acceptors (Lipinski definition) is 7. The smallest absolute Gasteiger partial charge is 0.249 e. The number of carbonyl (C=O) groups excluding carboxylic acids is 2. The number of aliphatic hydroxyl groups excluding tert-OH is 2. The highest BCUT2D eigenvalue weighted by Gasteiger charge is 2.51. The minimum atomic E-state index is -3.21. The third kappa shape index (κ3) is 9.87. The lowest BCUT2D eigenvalue weighted by molar-refractivity contribution is -0.135. The Labute approximate surface area is 309 Å². The molecule has 2 amide bonds. The maximum absolute atomic E-state index is 15.9. The fraction of sp³-hybridized carbons (Fsp3) is 0.512. The van der Waals surface area contributed by atoms with Crippen LogP contribution in [0, 0.1) is 5.92 Å². The summed E-state index contributed by atoms with van der Waals surface area (Å²) in [5, 5.41) is 22.4. The zero-order chi connectivity index (χ0) is 37.3. The molecule has 3 aromatic rings.